The van der Waals surface area contributed by atoms with Crippen LogP contribution in [0.25, 0.3) is 0 Å². The standard InChI is InChI=1S/C14H20N2/c1-2-5-13(6-3-1)14(7-4-8-14)16-11-9-15-10-12-16/h1-3,5-6,15H,4,7-12H2. The number of piperazine rings is 1. The van der Waals surface area contributed by atoms with Gasteiger partial charge in [0.2, 0.25) is 0 Å². The lowest BCUT2D eigenvalue weighted by atomic mass is 9.70. The molecule has 1 aromatic rings. The third-order valence-corrected chi connectivity index (χ3v) is 4.21. The molecule has 86 valence electrons. The van der Waals surface area contributed by atoms with Gasteiger partial charge in [-0.25, -0.2) is 0 Å². The van der Waals surface area contributed by atoms with Gasteiger partial charge in [0.1, 0.15) is 0 Å². The van der Waals surface area contributed by atoms with Crippen molar-refractivity contribution >= 4 is 0 Å². The van der Waals surface area contributed by atoms with Gasteiger partial charge in [-0.2, -0.15) is 0 Å². The van der Waals surface area contributed by atoms with Gasteiger partial charge in [-0.15, -0.1) is 0 Å². The monoisotopic (exact) mass is 216 g/mol. The summed E-state index contributed by atoms with van der Waals surface area (Å²) in [4.78, 5) is 2.70. The maximum Gasteiger partial charge on any atom is 0.0461 e. The number of nitrogens with one attached hydrogen (secondary N) is 1. The molecule has 3 rings (SSSR count). The Labute approximate surface area is 97.6 Å². The van der Waals surface area contributed by atoms with Gasteiger partial charge in [0.05, 0.1) is 0 Å². The van der Waals surface area contributed by atoms with Gasteiger partial charge in [-0.05, 0) is 24.8 Å². The largest absolute Gasteiger partial charge is 0.314 e. The zero-order valence-corrected chi connectivity index (χ0v) is 9.78. The summed E-state index contributed by atoms with van der Waals surface area (Å²) in [6.45, 7) is 4.70. The SMILES string of the molecule is c1ccc(C2(N3CCNCC3)CCC2)cc1. The molecule has 16 heavy (non-hydrogen) atoms. The van der Waals surface area contributed by atoms with Gasteiger partial charge < -0.3 is 5.32 Å². The number of benzene rings is 1. The molecule has 1 aromatic carbocycles. The van der Waals surface area contributed by atoms with E-state index in [0.717, 1.165) is 13.1 Å². The minimum absolute atomic E-state index is 0.378. The second kappa shape index (κ2) is 4.19. The first-order chi connectivity index (χ1) is 7.92. The van der Waals surface area contributed by atoms with Crippen LogP contribution >= 0.6 is 0 Å². The van der Waals surface area contributed by atoms with E-state index in [2.05, 4.69) is 40.5 Å². The highest BCUT2D eigenvalue weighted by molar-refractivity contribution is 5.27. The summed E-state index contributed by atoms with van der Waals surface area (Å²) in [5, 5.41) is 3.44. The molecule has 0 bridgehead atoms. The number of hydrogen-bond donors (Lipinski definition) is 1. The molecule has 1 saturated heterocycles. The molecule has 0 unspecified atom stereocenters. The lowest BCUT2D eigenvalue weighted by molar-refractivity contribution is 0.00295. The van der Waals surface area contributed by atoms with Gasteiger partial charge in [-0.3, -0.25) is 4.90 Å². The van der Waals surface area contributed by atoms with Crippen LogP contribution in [0, 0.1) is 0 Å². The molecule has 2 fully saturated rings. The Morgan fingerprint density at radius 2 is 1.69 bits per heavy atom. The highest BCUT2D eigenvalue weighted by Crippen LogP contribution is 2.46. The molecule has 1 saturated carbocycles. The highest BCUT2D eigenvalue weighted by Gasteiger charge is 2.43. The van der Waals surface area contributed by atoms with Crippen LogP contribution in [0.2, 0.25) is 0 Å². The molecule has 2 nitrogen and oxygen atoms in total. The molecule has 1 heterocycles. The zero-order valence-electron chi connectivity index (χ0n) is 9.78. The molecular formula is C14H20N2. The Bertz CT molecular complexity index is 337. The number of nitrogens with zero attached hydrogens (tertiary/aromatic N) is 1. The molecule has 0 amide bonds. The van der Waals surface area contributed by atoms with Gasteiger partial charge >= 0.3 is 0 Å². The van der Waals surface area contributed by atoms with Crippen molar-refractivity contribution in [2.45, 2.75) is 24.8 Å². The second-order valence-electron chi connectivity index (χ2n) is 4.99. The number of rotatable bonds is 2. The summed E-state index contributed by atoms with van der Waals surface area (Å²) in [6.07, 6.45) is 4.08. The minimum atomic E-state index is 0.378. The van der Waals surface area contributed by atoms with Crippen molar-refractivity contribution in [2.75, 3.05) is 26.2 Å². The zero-order chi connectivity index (χ0) is 10.8. The van der Waals surface area contributed by atoms with Crippen molar-refractivity contribution in [3.05, 3.63) is 35.9 Å². The summed E-state index contributed by atoms with van der Waals surface area (Å²) in [6, 6.07) is 11.1. The fourth-order valence-electron chi connectivity index (χ4n) is 3.14. The molecule has 2 heteroatoms. The first-order valence-electron chi connectivity index (χ1n) is 6.43. The van der Waals surface area contributed by atoms with E-state index < -0.39 is 0 Å². The Hall–Kier alpha value is -0.860. The summed E-state index contributed by atoms with van der Waals surface area (Å²) in [7, 11) is 0. The van der Waals surface area contributed by atoms with E-state index in [-0.39, 0.29) is 0 Å². The van der Waals surface area contributed by atoms with Crippen LogP contribution in [0.3, 0.4) is 0 Å². The maximum absolute atomic E-state index is 3.44. The van der Waals surface area contributed by atoms with Crippen LogP contribution in [-0.4, -0.2) is 31.1 Å². The van der Waals surface area contributed by atoms with Crippen molar-refractivity contribution < 1.29 is 0 Å². The van der Waals surface area contributed by atoms with Crippen LogP contribution in [0.5, 0.6) is 0 Å². The van der Waals surface area contributed by atoms with E-state index in [1.54, 1.807) is 0 Å². The Balaban J connectivity index is 1.87. The van der Waals surface area contributed by atoms with E-state index in [1.165, 1.54) is 37.9 Å². The van der Waals surface area contributed by atoms with Crippen molar-refractivity contribution in [3.8, 4) is 0 Å². The first kappa shape index (κ1) is 10.3. The van der Waals surface area contributed by atoms with Crippen LogP contribution in [-0.2, 0) is 5.54 Å². The van der Waals surface area contributed by atoms with Gasteiger partial charge in [0.15, 0.2) is 0 Å². The van der Waals surface area contributed by atoms with E-state index in [4.69, 9.17) is 0 Å². The lowest BCUT2D eigenvalue weighted by Gasteiger charge is -2.52. The maximum atomic E-state index is 3.44. The number of hydrogen-bond acceptors (Lipinski definition) is 2. The van der Waals surface area contributed by atoms with Crippen molar-refractivity contribution in [1.29, 1.82) is 0 Å². The molecule has 1 aliphatic heterocycles. The van der Waals surface area contributed by atoms with Gasteiger partial charge in [0, 0.05) is 31.7 Å². The van der Waals surface area contributed by atoms with E-state index in [9.17, 15) is 0 Å². The van der Waals surface area contributed by atoms with Crippen molar-refractivity contribution in [3.63, 3.8) is 0 Å². The smallest absolute Gasteiger partial charge is 0.0461 e. The predicted octanol–water partition coefficient (Wildman–Crippen LogP) is 1.97. The normalized spacial score (nSPS) is 25.0. The molecule has 0 spiro atoms. The topological polar surface area (TPSA) is 15.3 Å². The Kier molecular flexibility index (Phi) is 2.70. The van der Waals surface area contributed by atoms with Crippen LogP contribution in [0.15, 0.2) is 30.3 Å². The average Bonchev–Trinajstić information content (AvgIpc) is 2.31. The Morgan fingerprint density at radius 3 is 2.25 bits per heavy atom. The summed E-state index contributed by atoms with van der Waals surface area (Å²) in [5.74, 6) is 0. The van der Waals surface area contributed by atoms with Gasteiger partial charge in [-0.1, -0.05) is 30.3 Å². The fraction of sp³-hybridized carbons (Fsp3) is 0.571. The Morgan fingerprint density at radius 1 is 1.00 bits per heavy atom. The van der Waals surface area contributed by atoms with E-state index in [1.807, 2.05) is 0 Å². The van der Waals surface area contributed by atoms with E-state index >= 15 is 0 Å². The fourth-order valence-corrected chi connectivity index (χ4v) is 3.14. The average molecular weight is 216 g/mol. The second-order valence-corrected chi connectivity index (χ2v) is 4.99. The molecular weight excluding hydrogens is 196 g/mol. The first-order valence-corrected chi connectivity index (χ1v) is 6.43. The van der Waals surface area contributed by atoms with Crippen LogP contribution in [0.1, 0.15) is 24.8 Å². The highest BCUT2D eigenvalue weighted by atomic mass is 15.3. The van der Waals surface area contributed by atoms with Crippen molar-refractivity contribution in [2.24, 2.45) is 0 Å². The molecule has 0 aromatic heterocycles. The predicted molar refractivity (Wildman–Crippen MR) is 66.4 cm³/mol. The lowest BCUT2D eigenvalue weighted by Crippen LogP contribution is -2.57. The molecule has 2 aliphatic rings. The van der Waals surface area contributed by atoms with Crippen LogP contribution < -0.4 is 5.32 Å². The van der Waals surface area contributed by atoms with Crippen molar-refractivity contribution in [1.82, 2.24) is 10.2 Å². The quantitative estimate of drug-likeness (QED) is 0.813. The minimum Gasteiger partial charge on any atom is -0.314 e. The van der Waals surface area contributed by atoms with E-state index in [0.29, 0.717) is 5.54 Å². The molecule has 0 atom stereocenters. The third kappa shape index (κ3) is 1.57. The molecule has 0 radical (unpaired) electrons. The van der Waals surface area contributed by atoms with Crippen LogP contribution in [0.4, 0.5) is 0 Å². The summed E-state index contributed by atoms with van der Waals surface area (Å²) in [5.41, 5.74) is 1.91. The molecule has 1 aliphatic carbocycles. The summed E-state index contributed by atoms with van der Waals surface area (Å²) >= 11 is 0. The summed E-state index contributed by atoms with van der Waals surface area (Å²) < 4.78 is 0. The molecule has 1 N–H and O–H groups in total. The third-order valence-electron chi connectivity index (χ3n) is 4.21. The van der Waals surface area contributed by atoms with Gasteiger partial charge in [0.25, 0.3) is 0 Å².